The van der Waals surface area contributed by atoms with E-state index in [2.05, 4.69) is 10.3 Å². The SMILES string of the molecule is O=C(CCn1cnc2cc(S(=O)(=O)N3CCCC3)ccc21)NC[C@H]1CCCO1. The van der Waals surface area contributed by atoms with Crippen molar-refractivity contribution in [1.82, 2.24) is 19.2 Å². The van der Waals surface area contributed by atoms with E-state index in [1.165, 1.54) is 4.31 Å². The lowest BCUT2D eigenvalue weighted by Gasteiger charge is -2.15. The zero-order chi connectivity index (χ0) is 19.6. The highest BCUT2D eigenvalue weighted by atomic mass is 32.2. The van der Waals surface area contributed by atoms with Crippen LogP contribution in [-0.4, -0.2) is 60.5 Å². The first-order valence-corrected chi connectivity index (χ1v) is 11.3. The first kappa shape index (κ1) is 19.4. The van der Waals surface area contributed by atoms with Crippen molar-refractivity contribution in [2.75, 3.05) is 26.2 Å². The van der Waals surface area contributed by atoms with E-state index in [1.54, 1.807) is 24.5 Å². The minimum absolute atomic E-state index is 0.0226. The van der Waals surface area contributed by atoms with E-state index >= 15 is 0 Å². The molecule has 0 unspecified atom stereocenters. The molecule has 2 aliphatic heterocycles. The molecule has 0 saturated carbocycles. The summed E-state index contributed by atoms with van der Waals surface area (Å²) in [6.07, 6.45) is 5.99. The number of hydrogen-bond donors (Lipinski definition) is 1. The third kappa shape index (κ3) is 4.06. The van der Waals surface area contributed by atoms with Crippen molar-refractivity contribution in [3.05, 3.63) is 24.5 Å². The quantitative estimate of drug-likeness (QED) is 0.752. The van der Waals surface area contributed by atoms with Crippen LogP contribution in [0.25, 0.3) is 11.0 Å². The molecule has 28 heavy (non-hydrogen) atoms. The molecule has 1 N–H and O–H groups in total. The Bertz CT molecular complexity index is 944. The smallest absolute Gasteiger partial charge is 0.243 e. The summed E-state index contributed by atoms with van der Waals surface area (Å²) >= 11 is 0. The predicted molar refractivity (Wildman–Crippen MR) is 104 cm³/mol. The summed E-state index contributed by atoms with van der Waals surface area (Å²) in [6.45, 7) is 2.98. The topological polar surface area (TPSA) is 93.5 Å². The number of benzene rings is 1. The second-order valence-electron chi connectivity index (χ2n) is 7.39. The van der Waals surface area contributed by atoms with Gasteiger partial charge in [0.05, 0.1) is 28.4 Å². The van der Waals surface area contributed by atoms with Crippen molar-refractivity contribution in [3.63, 3.8) is 0 Å². The normalized spacial score (nSPS) is 20.8. The highest BCUT2D eigenvalue weighted by Gasteiger charge is 2.27. The molecule has 0 aliphatic carbocycles. The van der Waals surface area contributed by atoms with Gasteiger partial charge in [0.15, 0.2) is 0 Å². The number of ether oxygens (including phenoxy) is 1. The number of nitrogens with one attached hydrogen (secondary N) is 1. The number of aromatic nitrogens is 2. The summed E-state index contributed by atoms with van der Waals surface area (Å²) < 4.78 is 34.3. The molecule has 8 nitrogen and oxygen atoms in total. The number of imidazole rings is 1. The van der Waals surface area contributed by atoms with Crippen LogP contribution in [0.1, 0.15) is 32.1 Å². The van der Waals surface area contributed by atoms with E-state index in [4.69, 9.17) is 4.74 Å². The number of carbonyl (C=O) groups excluding carboxylic acids is 1. The number of fused-ring (bicyclic) bond motifs is 1. The molecule has 9 heteroatoms. The van der Waals surface area contributed by atoms with Crippen LogP contribution >= 0.6 is 0 Å². The summed E-state index contributed by atoms with van der Waals surface area (Å²) in [6, 6.07) is 5.03. The second-order valence-corrected chi connectivity index (χ2v) is 9.33. The van der Waals surface area contributed by atoms with Crippen LogP contribution in [0.3, 0.4) is 0 Å². The van der Waals surface area contributed by atoms with Crippen molar-refractivity contribution in [2.24, 2.45) is 0 Å². The Labute approximate surface area is 164 Å². The van der Waals surface area contributed by atoms with Gasteiger partial charge in [-0.15, -0.1) is 0 Å². The molecule has 1 amide bonds. The van der Waals surface area contributed by atoms with Gasteiger partial charge in [0.25, 0.3) is 0 Å². The average Bonchev–Trinajstić information content (AvgIpc) is 3.46. The van der Waals surface area contributed by atoms with Crippen LogP contribution in [0.4, 0.5) is 0 Å². The van der Waals surface area contributed by atoms with E-state index in [9.17, 15) is 13.2 Å². The van der Waals surface area contributed by atoms with Gasteiger partial charge in [0.1, 0.15) is 0 Å². The van der Waals surface area contributed by atoms with Gasteiger partial charge in [-0.05, 0) is 43.9 Å². The van der Waals surface area contributed by atoms with E-state index in [-0.39, 0.29) is 16.9 Å². The molecule has 152 valence electrons. The molecule has 2 aliphatic rings. The van der Waals surface area contributed by atoms with Crippen LogP contribution in [-0.2, 0) is 26.1 Å². The number of nitrogens with zero attached hydrogens (tertiary/aromatic N) is 3. The lowest BCUT2D eigenvalue weighted by Crippen LogP contribution is -2.32. The Morgan fingerprint density at radius 3 is 2.82 bits per heavy atom. The van der Waals surface area contributed by atoms with Gasteiger partial charge < -0.3 is 14.6 Å². The van der Waals surface area contributed by atoms with Crippen LogP contribution in [0.2, 0.25) is 0 Å². The average molecular weight is 407 g/mol. The number of amides is 1. The molecule has 2 aromatic rings. The minimum atomic E-state index is -3.45. The van der Waals surface area contributed by atoms with Crippen molar-refractivity contribution in [2.45, 2.75) is 49.6 Å². The third-order valence-electron chi connectivity index (χ3n) is 5.43. The summed E-state index contributed by atoms with van der Waals surface area (Å²) in [7, 11) is -3.45. The maximum absolute atomic E-state index is 12.7. The molecule has 2 saturated heterocycles. The van der Waals surface area contributed by atoms with Crippen molar-refractivity contribution < 1.29 is 17.9 Å². The fourth-order valence-electron chi connectivity index (χ4n) is 3.80. The molecule has 4 rings (SSSR count). The summed E-state index contributed by atoms with van der Waals surface area (Å²) in [5.74, 6) is -0.0226. The molecule has 1 aromatic heterocycles. The maximum Gasteiger partial charge on any atom is 0.243 e. The van der Waals surface area contributed by atoms with Gasteiger partial charge in [-0.3, -0.25) is 4.79 Å². The number of sulfonamides is 1. The zero-order valence-electron chi connectivity index (χ0n) is 15.8. The molecule has 1 atom stereocenters. The van der Waals surface area contributed by atoms with Crippen LogP contribution < -0.4 is 5.32 Å². The van der Waals surface area contributed by atoms with Crippen molar-refractivity contribution >= 4 is 27.0 Å². The number of carbonyl (C=O) groups is 1. The number of aryl methyl sites for hydroxylation is 1. The Morgan fingerprint density at radius 2 is 2.07 bits per heavy atom. The van der Waals surface area contributed by atoms with Crippen molar-refractivity contribution in [1.29, 1.82) is 0 Å². The molecule has 1 aromatic carbocycles. The van der Waals surface area contributed by atoms with Gasteiger partial charge >= 0.3 is 0 Å². The first-order valence-electron chi connectivity index (χ1n) is 9.87. The predicted octanol–water partition coefficient (Wildman–Crippen LogP) is 1.51. The molecule has 0 bridgehead atoms. The van der Waals surface area contributed by atoms with Gasteiger partial charge in [0.2, 0.25) is 15.9 Å². The Hall–Kier alpha value is -1.97. The monoisotopic (exact) mass is 406 g/mol. The van der Waals surface area contributed by atoms with Crippen molar-refractivity contribution in [3.8, 4) is 0 Å². The van der Waals surface area contributed by atoms with E-state index in [0.717, 1.165) is 37.8 Å². The fraction of sp³-hybridized carbons (Fsp3) is 0.579. The van der Waals surface area contributed by atoms with Crippen LogP contribution in [0, 0.1) is 0 Å². The van der Waals surface area contributed by atoms with Gasteiger partial charge in [-0.1, -0.05) is 0 Å². The van der Waals surface area contributed by atoms with Crippen LogP contribution in [0.15, 0.2) is 29.4 Å². The fourth-order valence-corrected chi connectivity index (χ4v) is 5.34. The summed E-state index contributed by atoms with van der Waals surface area (Å²) in [4.78, 5) is 16.7. The van der Waals surface area contributed by atoms with E-state index in [0.29, 0.717) is 38.1 Å². The van der Waals surface area contributed by atoms with Gasteiger partial charge in [-0.2, -0.15) is 4.31 Å². The maximum atomic E-state index is 12.7. The summed E-state index contributed by atoms with van der Waals surface area (Å²) in [5.41, 5.74) is 1.45. The number of rotatable bonds is 7. The van der Waals surface area contributed by atoms with E-state index in [1.807, 2.05) is 4.57 Å². The molecule has 3 heterocycles. The van der Waals surface area contributed by atoms with Gasteiger partial charge in [-0.25, -0.2) is 13.4 Å². The van der Waals surface area contributed by atoms with Crippen LogP contribution in [0.5, 0.6) is 0 Å². The lowest BCUT2D eigenvalue weighted by molar-refractivity contribution is -0.121. The van der Waals surface area contributed by atoms with Gasteiger partial charge in [0, 0.05) is 39.2 Å². The Balaban J connectivity index is 1.39. The third-order valence-corrected chi connectivity index (χ3v) is 7.32. The molecule has 2 fully saturated rings. The second kappa shape index (κ2) is 8.18. The highest BCUT2D eigenvalue weighted by molar-refractivity contribution is 7.89. The molecular formula is C19H26N4O4S. The lowest BCUT2D eigenvalue weighted by atomic mass is 10.2. The molecular weight excluding hydrogens is 380 g/mol. The Kier molecular flexibility index (Phi) is 5.65. The minimum Gasteiger partial charge on any atom is -0.376 e. The number of hydrogen-bond acceptors (Lipinski definition) is 5. The molecule has 0 spiro atoms. The highest BCUT2D eigenvalue weighted by Crippen LogP contribution is 2.24. The molecule has 0 radical (unpaired) electrons. The Morgan fingerprint density at radius 1 is 1.25 bits per heavy atom. The van der Waals surface area contributed by atoms with E-state index < -0.39 is 10.0 Å². The zero-order valence-corrected chi connectivity index (χ0v) is 16.7. The summed E-state index contributed by atoms with van der Waals surface area (Å²) in [5, 5.41) is 2.91. The standard InChI is InChI=1S/C19H26N4O4S/c24-19(20-13-15-4-3-11-27-15)7-10-22-14-21-17-12-16(5-6-18(17)22)28(25,26)23-8-1-2-9-23/h5-6,12,14-15H,1-4,7-11,13H2,(H,20,24)/t15-/m1/s1. The first-order chi connectivity index (χ1) is 13.5. The largest absolute Gasteiger partial charge is 0.376 e.